The highest BCUT2D eigenvalue weighted by Gasteiger charge is 2.42. The Morgan fingerprint density at radius 3 is 1.89 bits per heavy atom. The Morgan fingerprint density at radius 2 is 1.31 bits per heavy atom. The molecule has 0 aromatic heterocycles. The molecule has 0 aliphatic heterocycles. The summed E-state index contributed by atoms with van der Waals surface area (Å²) in [4.78, 5) is 0. The molecule has 0 N–H and O–H groups in total. The Morgan fingerprint density at radius 1 is 0.743 bits per heavy atom. The van der Waals surface area contributed by atoms with Gasteiger partial charge in [0.15, 0.2) is 0 Å². The van der Waals surface area contributed by atoms with E-state index in [4.69, 9.17) is 0 Å². The van der Waals surface area contributed by atoms with Crippen LogP contribution in [0.25, 0.3) is 11.1 Å². The Kier molecular flexibility index (Phi) is 6.89. The second kappa shape index (κ2) is 9.59. The molecule has 35 heavy (non-hydrogen) atoms. The SMILES string of the molecule is Cc1c(F)cc(OC(F)(F)c2c(F)cc(-c3ccc(C4CCC(C)CC4)cc3)cc2F)c(C)c1F. The fourth-order valence-electron chi connectivity index (χ4n) is 4.68. The van der Waals surface area contributed by atoms with Gasteiger partial charge in [0.25, 0.3) is 0 Å². The molecule has 0 bridgehead atoms. The van der Waals surface area contributed by atoms with Crippen LogP contribution in [0, 0.1) is 43.0 Å². The molecule has 1 saturated carbocycles. The lowest BCUT2D eigenvalue weighted by Gasteiger charge is -2.26. The van der Waals surface area contributed by atoms with Crippen molar-refractivity contribution in [1.29, 1.82) is 0 Å². The van der Waals surface area contributed by atoms with Crippen molar-refractivity contribution in [2.24, 2.45) is 5.92 Å². The van der Waals surface area contributed by atoms with Crippen LogP contribution < -0.4 is 4.74 Å². The minimum Gasteiger partial charge on any atom is -0.428 e. The third-order valence-electron chi connectivity index (χ3n) is 6.95. The number of alkyl halides is 2. The average Bonchev–Trinajstić information content (AvgIpc) is 2.81. The van der Waals surface area contributed by atoms with Crippen LogP contribution >= 0.6 is 0 Å². The van der Waals surface area contributed by atoms with Gasteiger partial charge in [-0.1, -0.05) is 44.0 Å². The molecule has 1 nitrogen and oxygen atoms in total. The third kappa shape index (κ3) is 5.04. The number of ether oxygens (including phenoxy) is 1. The predicted molar refractivity (Wildman–Crippen MR) is 123 cm³/mol. The third-order valence-corrected chi connectivity index (χ3v) is 6.95. The monoisotopic (exact) mass is 492 g/mol. The van der Waals surface area contributed by atoms with E-state index in [0.29, 0.717) is 23.5 Å². The maximum atomic E-state index is 14.8. The summed E-state index contributed by atoms with van der Waals surface area (Å²) < 4.78 is 91.5. The molecule has 0 amide bonds. The van der Waals surface area contributed by atoms with Crippen LogP contribution in [0.3, 0.4) is 0 Å². The molecule has 0 heterocycles. The molecule has 0 radical (unpaired) electrons. The lowest BCUT2D eigenvalue weighted by molar-refractivity contribution is -0.190. The van der Waals surface area contributed by atoms with Crippen molar-refractivity contribution in [1.82, 2.24) is 0 Å². The summed E-state index contributed by atoms with van der Waals surface area (Å²) in [7, 11) is 0. The van der Waals surface area contributed by atoms with Crippen LogP contribution in [-0.2, 0) is 6.11 Å². The first-order valence-corrected chi connectivity index (χ1v) is 11.6. The molecular formula is C28H26F6O. The quantitative estimate of drug-likeness (QED) is 0.323. The molecule has 1 fully saturated rings. The Labute approximate surface area is 200 Å². The molecule has 1 aliphatic rings. The first-order chi connectivity index (χ1) is 16.5. The molecular weight excluding hydrogens is 466 g/mol. The van der Waals surface area contributed by atoms with Gasteiger partial charge in [-0.2, -0.15) is 8.78 Å². The Bertz CT molecular complexity index is 1200. The predicted octanol–water partition coefficient (Wildman–Crippen LogP) is 8.95. The highest BCUT2D eigenvalue weighted by Crippen LogP contribution is 2.40. The zero-order valence-corrected chi connectivity index (χ0v) is 19.7. The van der Waals surface area contributed by atoms with Crippen LogP contribution in [0.4, 0.5) is 26.3 Å². The second-order valence-electron chi connectivity index (χ2n) is 9.43. The van der Waals surface area contributed by atoms with Crippen molar-refractivity contribution >= 4 is 0 Å². The fourth-order valence-corrected chi connectivity index (χ4v) is 4.68. The standard InChI is InChI=1S/C28H26F6O/c1-15-4-6-18(7-5-15)19-8-10-20(11-9-19)21-12-23(30)26(24(31)13-21)28(33,34)35-25-14-22(29)16(2)27(32)17(25)3/h8-15,18H,4-7H2,1-3H3. The Hall–Kier alpha value is -2.96. The number of benzene rings is 3. The van der Waals surface area contributed by atoms with Crippen LogP contribution in [0.5, 0.6) is 5.75 Å². The first kappa shape index (κ1) is 25.1. The molecule has 4 rings (SSSR count). The number of hydrogen-bond acceptors (Lipinski definition) is 1. The van der Waals surface area contributed by atoms with Gasteiger partial charge in [0, 0.05) is 17.2 Å². The summed E-state index contributed by atoms with van der Waals surface area (Å²) in [5.41, 5.74) is -0.685. The first-order valence-electron chi connectivity index (χ1n) is 11.6. The topological polar surface area (TPSA) is 9.23 Å². The number of halogens is 6. The average molecular weight is 493 g/mol. The van der Waals surface area contributed by atoms with Gasteiger partial charge in [-0.05, 0) is 67.3 Å². The van der Waals surface area contributed by atoms with E-state index in [2.05, 4.69) is 11.7 Å². The molecule has 0 atom stereocenters. The lowest BCUT2D eigenvalue weighted by Crippen LogP contribution is -2.26. The zero-order chi connectivity index (χ0) is 25.5. The van der Waals surface area contributed by atoms with E-state index < -0.39 is 46.3 Å². The van der Waals surface area contributed by atoms with Crippen molar-refractivity contribution in [2.75, 3.05) is 0 Å². The second-order valence-corrected chi connectivity index (χ2v) is 9.43. The van der Waals surface area contributed by atoms with Gasteiger partial charge in [0.2, 0.25) is 0 Å². The molecule has 0 spiro atoms. The number of rotatable bonds is 5. The molecule has 3 aromatic carbocycles. The summed E-state index contributed by atoms with van der Waals surface area (Å²) in [5, 5.41) is 0. The minimum absolute atomic E-state index is 0.0898. The highest BCUT2D eigenvalue weighted by molar-refractivity contribution is 5.64. The minimum atomic E-state index is -4.51. The van der Waals surface area contributed by atoms with Gasteiger partial charge < -0.3 is 4.74 Å². The van der Waals surface area contributed by atoms with E-state index in [0.717, 1.165) is 57.2 Å². The summed E-state index contributed by atoms with van der Waals surface area (Å²) in [6.45, 7) is 4.49. The maximum Gasteiger partial charge on any atom is 0.432 e. The molecule has 0 saturated heterocycles. The lowest BCUT2D eigenvalue weighted by atomic mass is 9.79. The summed E-state index contributed by atoms with van der Waals surface area (Å²) in [5.74, 6) is -4.93. The van der Waals surface area contributed by atoms with Gasteiger partial charge >= 0.3 is 6.11 Å². The Balaban J connectivity index is 1.60. The van der Waals surface area contributed by atoms with E-state index in [1.54, 1.807) is 12.1 Å². The van der Waals surface area contributed by atoms with Gasteiger partial charge in [-0.15, -0.1) is 0 Å². The van der Waals surface area contributed by atoms with Crippen molar-refractivity contribution in [3.05, 3.63) is 88.0 Å². The number of hydrogen-bond donors (Lipinski definition) is 0. The maximum absolute atomic E-state index is 14.8. The van der Waals surface area contributed by atoms with Crippen molar-refractivity contribution in [3.63, 3.8) is 0 Å². The summed E-state index contributed by atoms with van der Waals surface area (Å²) in [6.07, 6.45) is -0.0266. The molecule has 3 aromatic rings. The van der Waals surface area contributed by atoms with Crippen LogP contribution in [0.1, 0.15) is 60.8 Å². The van der Waals surface area contributed by atoms with E-state index in [1.807, 2.05) is 12.1 Å². The van der Waals surface area contributed by atoms with Crippen LogP contribution in [-0.4, -0.2) is 0 Å². The van der Waals surface area contributed by atoms with E-state index in [1.165, 1.54) is 0 Å². The molecule has 1 aliphatic carbocycles. The van der Waals surface area contributed by atoms with Gasteiger partial charge in [-0.3, -0.25) is 0 Å². The fraction of sp³-hybridized carbons (Fsp3) is 0.357. The van der Waals surface area contributed by atoms with Gasteiger partial charge in [0.05, 0.1) is 0 Å². The zero-order valence-electron chi connectivity index (χ0n) is 19.7. The molecule has 7 heteroatoms. The summed E-state index contributed by atoms with van der Waals surface area (Å²) >= 11 is 0. The van der Waals surface area contributed by atoms with Crippen molar-refractivity contribution < 1.29 is 31.1 Å². The highest BCUT2D eigenvalue weighted by atomic mass is 19.3. The molecule has 186 valence electrons. The van der Waals surface area contributed by atoms with E-state index in [-0.39, 0.29) is 11.1 Å². The van der Waals surface area contributed by atoms with Crippen LogP contribution in [0.15, 0.2) is 42.5 Å². The van der Waals surface area contributed by atoms with Crippen molar-refractivity contribution in [3.8, 4) is 16.9 Å². The smallest absolute Gasteiger partial charge is 0.428 e. The molecule has 0 unspecified atom stereocenters. The normalized spacial score (nSPS) is 18.5. The van der Waals surface area contributed by atoms with Gasteiger partial charge in [-0.25, -0.2) is 17.6 Å². The van der Waals surface area contributed by atoms with Crippen molar-refractivity contribution in [2.45, 2.75) is 58.5 Å². The summed E-state index contributed by atoms with van der Waals surface area (Å²) in [6, 6.07) is 9.42. The largest absolute Gasteiger partial charge is 0.432 e. The van der Waals surface area contributed by atoms with E-state index >= 15 is 0 Å². The van der Waals surface area contributed by atoms with E-state index in [9.17, 15) is 26.3 Å². The van der Waals surface area contributed by atoms with Crippen LogP contribution in [0.2, 0.25) is 0 Å². The van der Waals surface area contributed by atoms with Gasteiger partial charge in [0.1, 0.15) is 34.6 Å².